The van der Waals surface area contributed by atoms with Gasteiger partial charge in [0.25, 0.3) is 0 Å². The molecule has 0 aliphatic rings. The lowest BCUT2D eigenvalue weighted by molar-refractivity contribution is 0.0464. The van der Waals surface area contributed by atoms with Crippen LogP contribution in [0.2, 0.25) is 0 Å². The quantitative estimate of drug-likeness (QED) is 0.441. The van der Waals surface area contributed by atoms with Crippen molar-refractivity contribution in [1.82, 2.24) is 9.88 Å². The van der Waals surface area contributed by atoms with Crippen LogP contribution in [0, 0.1) is 11.3 Å². The SMILES string of the molecule is N#CCCNS(=O)(=O)c1ccc(C(=O)OCc2cc(-c3cccs3)on2)cc1. The van der Waals surface area contributed by atoms with Crippen molar-refractivity contribution in [3.8, 4) is 16.7 Å². The van der Waals surface area contributed by atoms with Gasteiger partial charge in [0, 0.05) is 19.0 Å². The molecule has 8 nitrogen and oxygen atoms in total. The Morgan fingerprint density at radius 3 is 2.75 bits per heavy atom. The molecule has 0 saturated carbocycles. The van der Waals surface area contributed by atoms with Gasteiger partial charge < -0.3 is 9.26 Å². The Morgan fingerprint density at radius 2 is 2.07 bits per heavy atom. The van der Waals surface area contributed by atoms with Gasteiger partial charge in [0.05, 0.1) is 21.4 Å². The second-order valence-electron chi connectivity index (χ2n) is 5.57. The van der Waals surface area contributed by atoms with E-state index in [1.807, 2.05) is 23.6 Å². The molecule has 0 radical (unpaired) electrons. The van der Waals surface area contributed by atoms with E-state index in [0.717, 1.165) is 4.88 Å². The maximum atomic E-state index is 12.1. The highest BCUT2D eigenvalue weighted by Gasteiger charge is 2.16. The Bertz CT molecular complexity index is 1080. The van der Waals surface area contributed by atoms with Crippen LogP contribution in [0.1, 0.15) is 22.5 Å². The van der Waals surface area contributed by atoms with Crippen LogP contribution in [0.5, 0.6) is 0 Å². The number of nitriles is 1. The van der Waals surface area contributed by atoms with E-state index >= 15 is 0 Å². The number of hydrogen-bond acceptors (Lipinski definition) is 8. The van der Waals surface area contributed by atoms with Crippen molar-refractivity contribution >= 4 is 27.3 Å². The number of thiophene rings is 1. The second-order valence-corrected chi connectivity index (χ2v) is 8.28. The van der Waals surface area contributed by atoms with Gasteiger partial charge in [-0.25, -0.2) is 17.9 Å². The summed E-state index contributed by atoms with van der Waals surface area (Å²) >= 11 is 1.51. The van der Waals surface area contributed by atoms with Crippen molar-refractivity contribution in [2.45, 2.75) is 17.9 Å². The van der Waals surface area contributed by atoms with Crippen LogP contribution in [0.3, 0.4) is 0 Å². The van der Waals surface area contributed by atoms with Crippen LogP contribution in [-0.4, -0.2) is 26.1 Å². The average Bonchev–Trinajstić information content (AvgIpc) is 3.38. The van der Waals surface area contributed by atoms with Gasteiger partial charge in [-0.1, -0.05) is 11.2 Å². The second kappa shape index (κ2) is 8.79. The topological polar surface area (TPSA) is 122 Å². The number of benzene rings is 1. The predicted molar refractivity (Wildman–Crippen MR) is 101 cm³/mol. The minimum absolute atomic E-state index is 0.000851. The molecule has 2 heterocycles. The summed E-state index contributed by atoms with van der Waals surface area (Å²) in [6, 6.07) is 12.7. The van der Waals surface area contributed by atoms with E-state index in [2.05, 4.69) is 9.88 Å². The van der Waals surface area contributed by atoms with Crippen LogP contribution in [0.15, 0.2) is 57.3 Å². The Morgan fingerprint density at radius 1 is 1.29 bits per heavy atom. The number of rotatable bonds is 8. The van der Waals surface area contributed by atoms with E-state index in [1.54, 1.807) is 6.07 Å². The molecule has 144 valence electrons. The number of sulfonamides is 1. The zero-order chi connectivity index (χ0) is 20.0. The van der Waals surface area contributed by atoms with Gasteiger partial charge in [0.1, 0.15) is 12.3 Å². The third-order valence-corrected chi connectivity index (χ3v) is 5.96. The fourth-order valence-corrected chi connectivity index (χ4v) is 3.94. The molecule has 3 rings (SSSR count). The van der Waals surface area contributed by atoms with Crippen LogP contribution in [0.25, 0.3) is 10.6 Å². The van der Waals surface area contributed by atoms with Gasteiger partial charge in [0.2, 0.25) is 10.0 Å². The van der Waals surface area contributed by atoms with Crippen LogP contribution in [0.4, 0.5) is 0 Å². The molecule has 28 heavy (non-hydrogen) atoms. The molecule has 2 aromatic heterocycles. The lowest BCUT2D eigenvalue weighted by Gasteiger charge is -2.06. The number of ether oxygens (including phenoxy) is 1. The maximum Gasteiger partial charge on any atom is 0.338 e. The van der Waals surface area contributed by atoms with Crippen molar-refractivity contribution in [2.75, 3.05) is 6.54 Å². The molecule has 10 heteroatoms. The van der Waals surface area contributed by atoms with Crippen molar-refractivity contribution in [3.63, 3.8) is 0 Å². The average molecular weight is 417 g/mol. The van der Waals surface area contributed by atoms with Gasteiger partial charge in [-0.3, -0.25) is 0 Å². The number of nitrogens with zero attached hydrogens (tertiary/aromatic N) is 2. The molecule has 0 bridgehead atoms. The van der Waals surface area contributed by atoms with E-state index in [0.29, 0.717) is 11.5 Å². The highest BCUT2D eigenvalue weighted by atomic mass is 32.2. The Kier molecular flexibility index (Phi) is 6.20. The maximum absolute atomic E-state index is 12.1. The Hall–Kier alpha value is -3.00. The smallest absolute Gasteiger partial charge is 0.338 e. The molecule has 1 aromatic carbocycles. The first-order valence-corrected chi connectivity index (χ1v) is 10.5. The number of nitrogens with one attached hydrogen (secondary N) is 1. The number of aromatic nitrogens is 1. The molecule has 0 unspecified atom stereocenters. The lowest BCUT2D eigenvalue weighted by atomic mass is 10.2. The van der Waals surface area contributed by atoms with Crippen molar-refractivity contribution in [2.24, 2.45) is 0 Å². The fourth-order valence-electron chi connectivity index (χ4n) is 2.23. The summed E-state index contributed by atoms with van der Waals surface area (Å²) in [4.78, 5) is 13.1. The Balaban J connectivity index is 1.58. The Labute approximate surface area is 165 Å². The number of hydrogen-bond donors (Lipinski definition) is 1. The molecule has 0 spiro atoms. The summed E-state index contributed by atoms with van der Waals surface area (Å²) < 4.78 is 36.8. The number of carbonyl (C=O) groups is 1. The molecule has 1 N–H and O–H groups in total. The molecule has 0 amide bonds. The van der Waals surface area contributed by atoms with Gasteiger partial charge in [-0.15, -0.1) is 11.3 Å². The minimum Gasteiger partial charge on any atom is -0.455 e. The fraction of sp³-hybridized carbons (Fsp3) is 0.167. The summed E-state index contributed by atoms with van der Waals surface area (Å²) in [5.41, 5.74) is 0.676. The third kappa shape index (κ3) is 4.83. The zero-order valence-corrected chi connectivity index (χ0v) is 16.1. The monoisotopic (exact) mass is 417 g/mol. The first-order valence-electron chi connectivity index (χ1n) is 8.13. The third-order valence-electron chi connectivity index (χ3n) is 3.60. The number of esters is 1. The zero-order valence-electron chi connectivity index (χ0n) is 14.5. The highest BCUT2D eigenvalue weighted by Crippen LogP contribution is 2.25. The summed E-state index contributed by atoms with van der Waals surface area (Å²) in [5.74, 6) is -0.0124. The molecule has 0 aliphatic heterocycles. The molecule has 0 fully saturated rings. The van der Waals surface area contributed by atoms with E-state index < -0.39 is 16.0 Å². The number of carbonyl (C=O) groups excluding carboxylic acids is 1. The first-order chi connectivity index (χ1) is 13.5. The van der Waals surface area contributed by atoms with Gasteiger partial charge >= 0.3 is 5.97 Å². The van der Waals surface area contributed by atoms with E-state index in [4.69, 9.17) is 14.5 Å². The van der Waals surface area contributed by atoms with Crippen LogP contribution < -0.4 is 4.72 Å². The predicted octanol–water partition coefficient (Wildman–Crippen LogP) is 2.95. The minimum atomic E-state index is -3.72. The first kappa shape index (κ1) is 19.8. The van der Waals surface area contributed by atoms with Gasteiger partial charge in [-0.2, -0.15) is 5.26 Å². The van der Waals surface area contributed by atoms with Crippen LogP contribution >= 0.6 is 11.3 Å². The van der Waals surface area contributed by atoms with E-state index in [9.17, 15) is 13.2 Å². The van der Waals surface area contributed by atoms with Crippen molar-refractivity contribution in [3.05, 3.63) is 59.1 Å². The molecule has 3 aromatic rings. The van der Waals surface area contributed by atoms with Crippen LogP contribution in [-0.2, 0) is 21.4 Å². The largest absolute Gasteiger partial charge is 0.455 e. The van der Waals surface area contributed by atoms with Gasteiger partial charge in [-0.05, 0) is 35.7 Å². The summed E-state index contributed by atoms with van der Waals surface area (Å²) in [5, 5.41) is 14.2. The van der Waals surface area contributed by atoms with Crippen molar-refractivity contribution in [1.29, 1.82) is 5.26 Å². The van der Waals surface area contributed by atoms with Gasteiger partial charge in [0.15, 0.2) is 5.76 Å². The lowest BCUT2D eigenvalue weighted by Crippen LogP contribution is -2.24. The summed E-state index contributed by atoms with van der Waals surface area (Å²) in [7, 11) is -3.72. The molecule has 0 saturated heterocycles. The summed E-state index contributed by atoms with van der Waals surface area (Å²) in [6.07, 6.45) is 0.0693. The molecular weight excluding hydrogens is 402 g/mol. The normalized spacial score (nSPS) is 11.1. The van der Waals surface area contributed by atoms with E-state index in [-0.39, 0.29) is 30.0 Å². The standard InChI is InChI=1S/C18H15N3O5S2/c19-8-2-9-20-28(23,24)15-6-4-13(5-7-15)18(22)25-12-14-11-16(26-21-14)17-3-1-10-27-17/h1,3-7,10-11,20H,2,9,12H2. The molecule has 0 atom stereocenters. The highest BCUT2D eigenvalue weighted by molar-refractivity contribution is 7.89. The molecule has 0 aliphatic carbocycles. The van der Waals surface area contributed by atoms with Crippen molar-refractivity contribution < 1.29 is 22.5 Å². The molecular formula is C18H15N3O5S2. The summed E-state index contributed by atoms with van der Waals surface area (Å²) in [6.45, 7) is -0.0444. The van der Waals surface area contributed by atoms with E-state index in [1.165, 1.54) is 35.6 Å².